The Morgan fingerprint density at radius 3 is 2.36 bits per heavy atom. The highest BCUT2D eigenvalue weighted by molar-refractivity contribution is 14.1. The Kier molecular flexibility index (Phi) is 3.74. The zero-order chi connectivity index (χ0) is 10.7. The Hall–Kier alpha value is -0.780. The summed E-state index contributed by atoms with van der Waals surface area (Å²) < 4.78 is 11.2. The van der Waals surface area contributed by atoms with Crippen molar-refractivity contribution < 1.29 is 14.3 Å². The van der Waals surface area contributed by atoms with Crippen LogP contribution in [-0.2, 0) is 0 Å². The number of methoxy groups -OCH3 is 2. The molecule has 0 saturated carbocycles. The predicted octanol–water partition coefficient (Wildman–Crippen LogP) is 2.51. The SMILES string of the molecule is COc1cc(I)cc(C(C)=O)c1OC. The van der Waals surface area contributed by atoms with Crippen molar-refractivity contribution in [2.75, 3.05) is 14.2 Å². The molecular weight excluding hydrogens is 295 g/mol. The molecule has 76 valence electrons. The first-order valence-corrected chi connectivity index (χ1v) is 5.10. The molecule has 0 aliphatic heterocycles. The topological polar surface area (TPSA) is 35.5 Å². The highest BCUT2D eigenvalue weighted by atomic mass is 127. The number of Topliss-reactive ketones (excluding diaryl/α,β-unsaturated/α-hetero) is 1. The van der Waals surface area contributed by atoms with Crippen LogP contribution in [0.1, 0.15) is 17.3 Å². The van der Waals surface area contributed by atoms with Crippen LogP contribution in [0.25, 0.3) is 0 Å². The number of halogens is 1. The smallest absolute Gasteiger partial charge is 0.171 e. The van der Waals surface area contributed by atoms with Gasteiger partial charge in [0, 0.05) is 3.57 Å². The summed E-state index contributed by atoms with van der Waals surface area (Å²) in [4.78, 5) is 11.3. The second-order valence-electron chi connectivity index (χ2n) is 2.75. The first-order valence-electron chi connectivity index (χ1n) is 4.02. The fourth-order valence-electron chi connectivity index (χ4n) is 1.19. The van der Waals surface area contributed by atoms with Gasteiger partial charge in [-0.15, -0.1) is 0 Å². The van der Waals surface area contributed by atoms with E-state index in [9.17, 15) is 4.79 Å². The minimum Gasteiger partial charge on any atom is -0.493 e. The highest BCUT2D eigenvalue weighted by Gasteiger charge is 2.14. The quantitative estimate of drug-likeness (QED) is 0.636. The molecule has 0 saturated heterocycles. The van der Waals surface area contributed by atoms with E-state index in [0.29, 0.717) is 17.1 Å². The van der Waals surface area contributed by atoms with Crippen molar-refractivity contribution in [1.29, 1.82) is 0 Å². The normalized spacial score (nSPS) is 9.71. The van der Waals surface area contributed by atoms with E-state index in [1.165, 1.54) is 14.0 Å². The number of hydrogen-bond acceptors (Lipinski definition) is 3. The van der Waals surface area contributed by atoms with Gasteiger partial charge in [-0.1, -0.05) is 0 Å². The van der Waals surface area contributed by atoms with Crippen LogP contribution in [0.2, 0.25) is 0 Å². The van der Waals surface area contributed by atoms with Crippen LogP contribution in [0.15, 0.2) is 12.1 Å². The van der Waals surface area contributed by atoms with E-state index in [1.54, 1.807) is 13.2 Å². The summed E-state index contributed by atoms with van der Waals surface area (Å²) in [5.41, 5.74) is 0.552. The van der Waals surface area contributed by atoms with E-state index in [0.717, 1.165) is 3.57 Å². The summed E-state index contributed by atoms with van der Waals surface area (Å²) in [5.74, 6) is 1.06. The number of carbonyl (C=O) groups is 1. The molecule has 14 heavy (non-hydrogen) atoms. The molecule has 0 atom stereocenters. The van der Waals surface area contributed by atoms with E-state index in [1.807, 2.05) is 6.07 Å². The van der Waals surface area contributed by atoms with E-state index >= 15 is 0 Å². The van der Waals surface area contributed by atoms with Gasteiger partial charge in [-0.3, -0.25) is 4.79 Å². The number of benzene rings is 1. The van der Waals surface area contributed by atoms with Crippen molar-refractivity contribution in [2.45, 2.75) is 6.92 Å². The van der Waals surface area contributed by atoms with Gasteiger partial charge in [-0.2, -0.15) is 0 Å². The Morgan fingerprint density at radius 2 is 1.93 bits per heavy atom. The van der Waals surface area contributed by atoms with Crippen LogP contribution in [-0.4, -0.2) is 20.0 Å². The van der Waals surface area contributed by atoms with E-state index in [-0.39, 0.29) is 5.78 Å². The molecule has 1 aromatic rings. The molecule has 0 aliphatic carbocycles. The van der Waals surface area contributed by atoms with Crippen LogP contribution in [0, 0.1) is 3.57 Å². The van der Waals surface area contributed by atoms with E-state index < -0.39 is 0 Å². The molecule has 0 unspecified atom stereocenters. The van der Waals surface area contributed by atoms with Gasteiger partial charge in [0.15, 0.2) is 17.3 Å². The molecule has 0 aromatic heterocycles. The molecule has 0 spiro atoms. The van der Waals surface area contributed by atoms with Crippen LogP contribution < -0.4 is 9.47 Å². The fourth-order valence-corrected chi connectivity index (χ4v) is 1.79. The van der Waals surface area contributed by atoms with E-state index in [2.05, 4.69) is 22.6 Å². The molecule has 0 fully saturated rings. The summed E-state index contributed by atoms with van der Waals surface area (Å²) in [6.07, 6.45) is 0. The van der Waals surface area contributed by atoms with Crippen LogP contribution in [0.3, 0.4) is 0 Å². The summed E-state index contributed by atoms with van der Waals surface area (Å²) in [7, 11) is 3.08. The zero-order valence-corrected chi connectivity index (χ0v) is 10.4. The molecule has 1 rings (SSSR count). The van der Waals surface area contributed by atoms with Crippen molar-refractivity contribution in [3.05, 3.63) is 21.3 Å². The van der Waals surface area contributed by atoms with Gasteiger partial charge in [0.25, 0.3) is 0 Å². The van der Waals surface area contributed by atoms with Gasteiger partial charge >= 0.3 is 0 Å². The third kappa shape index (κ3) is 2.17. The van der Waals surface area contributed by atoms with Gasteiger partial charge in [0.05, 0.1) is 19.8 Å². The number of ketones is 1. The maximum atomic E-state index is 11.3. The third-order valence-electron chi connectivity index (χ3n) is 1.82. The number of ether oxygens (including phenoxy) is 2. The Labute approximate surface area is 96.5 Å². The van der Waals surface area contributed by atoms with Crippen LogP contribution in [0.5, 0.6) is 11.5 Å². The van der Waals surface area contributed by atoms with Gasteiger partial charge in [0.1, 0.15) is 0 Å². The van der Waals surface area contributed by atoms with Crippen molar-refractivity contribution in [3.8, 4) is 11.5 Å². The standard InChI is InChI=1S/C10H11IO3/c1-6(12)8-4-7(11)5-9(13-2)10(8)14-3/h4-5H,1-3H3. The summed E-state index contributed by atoms with van der Waals surface area (Å²) in [6, 6.07) is 3.61. The van der Waals surface area contributed by atoms with Crippen molar-refractivity contribution in [3.63, 3.8) is 0 Å². The maximum absolute atomic E-state index is 11.3. The lowest BCUT2D eigenvalue weighted by Crippen LogP contribution is -2.00. The summed E-state index contributed by atoms with van der Waals surface area (Å²) in [6.45, 7) is 1.51. The van der Waals surface area contributed by atoms with Gasteiger partial charge in [0.2, 0.25) is 0 Å². The van der Waals surface area contributed by atoms with Crippen molar-refractivity contribution >= 4 is 28.4 Å². The molecule has 4 heteroatoms. The molecule has 0 aliphatic rings. The number of carbonyl (C=O) groups excluding carboxylic acids is 1. The minimum absolute atomic E-state index is 0.0290. The Bertz CT molecular complexity index is 361. The summed E-state index contributed by atoms with van der Waals surface area (Å²) >= 11 is 2.13. The monoisotopic (exact) mass is 306 g/mol. The molecule has 0 N–H and O–H groups in total. The molecule has 0 heterocycles. The molecule has 0 amide bonds. The average molecular weight is 306 g/mol. The lowest BCUT2D eigenvalue weighted by molar-refractivity contribution is 0.101. The highest BCUT2D eigenvalue weighted by Crippen LogP contribution is 2.33. The number of rotatable bonds is 3. The van der Waals surface area contributed by atoms with Gasteiger partial charge in [-0.05, 0) is 41.6 Å². The summed E-state index contributed by atoms with van der Waals surface area (Å²) in [5, 5.41) is 0. The van der Waals surface area contributed by atoms with Gasteiger partial charge in [-0.25, -0.2) is 0 Å². The second-order valence-corrected chi connectivity index (χ2v) is 3.99. The zero-order valence-electron chi connectivity index (χ0n) is 8.26. The average Bonchev–Trinajstić information content (AvgIpc) is 2.16. The van der Waals surface area contributed by atoms with E-state index in [4.69, 9.17) is 9.47 Å². The first kappa shape index (κ1) is 11.3. The fraction of sp³-hybridized carbons (Fsp3) is 0.300. The second kappa shape index (κ2) is 4.63. The van der Waals surface area contributed by atoms with Crippen molar-refractivity contribution in [2.24, 2.45) is 0 Å². The first-order chi connectivity index (χ1) is 6.60. The Balaban J connectivity index is 3.39. The molecular formula is C10H11IO3. The molecule has 0 bridgehead atoms. The Morgan fingerprint density at radius 1 is 1.29 bits per heavy atom. The largest absolute Gasteiger partial charge is 0.493 e. The predicted molar refractivity (Wildman–Crippen MR) is 62.3 cm³/mol. The molecule has 3 nitrogen and oxygen atoms in total. The number of hydrogen-bond donors (Lipinski definition) is 0. The van der Waals surface area contributed by atoms with Crippen LogP contribution in [0.4, 0.5) is 0 Å². The van der Waals surface area contributed by atoms with Gasteiger partial charge < -0.3 is 9.47 Å². The molecule has 1 aromatic carbocycles. The third-order valence-corrected chi connectivity index (χ3v) is 2.45. The molecule has 0 radical (unpaired) electrons. The maximum Gasteiger partial charge on any atom is 0.171 e. The van der Waals surface area contributed by atoms with Crippen molar-refractivity contribution in [1.82, 2.24) is 0 Å². The minimum atomic E-state index is -0.0290. The lowest BCUT2D eigenvalue weighted by Gasteiger charge is -2.11. The lowest BCUT2D eigenvalue weighted by atomic mass is 10.1. The van der Waals surface area contributed by atoms with Crippen LogP contribution >= 0.6 is 22.6 Å².